The maximum atomic E-state index is 12.9. The summed E-state index contributed by atoms with van der Waals surface area (Å²) >= 11 is 1.70. The van der Waals surface area contributed by atoms with Gasteiger partial charge in [-0.3, -0.25) is 4.79 Å². The number of fused-ring (bicyclic) bond motifs is 1. The van der Waals surface area contributed by atoms with Gasteiger partial charge in [-0.15, -0.1) is 0 Å². The number of carbonyl (C=O) groups excluding carboxylic acids is 1. The summed E-state index contributed by atoms with van der Waals surface area (Å²) in [7, 11) is -3.34. The molecule has 0 aliphatic carbocycles. The van der Waals surface area contributed by atoms with Gasteiger partial charge in [0.05, 0.1) is 20.4 Å². The molecule has 1 aromatic heterocycles. The summed E-state index contributed by atoms with van der Waals surface area (Å²) in [6, 6.07) is 10.6. The highest BCUT2D eigenvalue weighted by Gasteiger charge is 2.25. The predicted octanol–water partition coefficient (Wildman–Crippen LogP) is 4.06. The van der Waals surface area contributed by atoms with Crippen molar-refractivity contribution in [2.45, 2.75) is 37.8 Å². The van der Waals surface area contributed by atoms with E-state index in [4.69, 9.17) is 4.98 Å². The number of piperazine rings is 1. The Morgan fingerprint density at radius 2 is 1.68 bits per heavy atom. The summed E-state index contributed by atoms with van der Waals surface area (Å²) in [5.41, 5.74) is 4.00. The number of aryl methyl sites for hydroxylation is 2. The number of carbonyl (C=O) groups is 1. The molecular weight excluding hydrogens is 430 g/mol. The van der Waals surface area contributed by atoms with Crippen LogP contribution >= 0.6 is 11.3 Å². The summed E-state index contributed by atoms with van der Waals surface area (Å²) < 4.78 is 25.8. The fourth-order valence-corrected chi connectivity index (χ4v) is 6.09. The average Bonchev–Trinajstić information content (AvgIpc) is 3.18. The van der Waals surface area contributed by atoms with Crippen LogP contribution in [-0.2, 0) is 9.84 Å². The first-order valence-corrected chi connectivity index (χ1v) is 12.8. The molecule has 0 N–H and O–H groups in total. The largest absolute Gasteiger partial charge is 0.345 e. The molecule has 4 rings (SSSR count). The molecule has 3 aromatic rings. The van der Waals surface area contributed by atoms with E-state index in [1.807, 2.05) is 4.90 Å². The Balaban J connectivity index is 1.44. The van der Waals surface area contributed by atoms with Crippen molar-refractivity contribution in [1.82, 2.24) is 9.88 Å². The van der Waals surface area contributed by atoms with Crippen molar-refractivity contribution < 1.29 is 13.2 Å². The van der Waals surface area contributed by atoms with Gasteiger partial charge in [-0.1, -0.05) is 17.4 Å². The number of nitrogens with zero attached hydrogens (tertiary/aromatic N) is 3. The highest BCUT2D eigenvalue weighted by atomic mass is 32.2. The van der Waals surface area contributed by atoms with Crippen LogP contribution in [0.3, 0.4) is 0 Å². The SMILES string of the molecule is Cc1cc(C)c2nc(N3CCN(C(=O)c4ccc(S(=O)(=O)C(C)C)cc4)CC3)sc2c1. The minimum atomic E-state index is -3.34. The molecule has 1 saturated heterocycles. The van der Waals surface area contributed by atoms with Crippen LogP contribution in [0.4, 0.5) is 5.13 Å². The quantitative estimate of drug-likeness (QED) is 0.591. The number of rotatable bonds is 4. The molecule has 0 saturated carbocycles. The lowest BCUT2D eigenvalue weighted by atomic mass is 10.1. The van der Waals surface area contributed by atoms with Crippen molar-refractivity contribution in [1.29, 1.82) is 0 Å². The third-order valence-electron chi connectivity index (χ3n) is 5.71. The number of aromatic nitrogens is 1. The van der Waals surface area contributed by atoms with Crippen molar-refractivity contribution in [3.05, 3.63) is 53.1 Å². The zero-order chi connectivity index (χ0) is 22.3. The molecule has 164 valence electrons. The van der Waals surface area contributed by atoms with Crippen LogP contribution < -0.4 is 4.90 Å². The van der Waals surface area contributed by atoms with E-state index >= 15 is 0 Å². The summed E-state index contributed by atoms with van der Waals surface area (Å²) in [6.07, 6.45) is 0. The molecule has 0 atom stereocenters. The topological polar surface area (TPSA) is 70.6 Å². The lowest BCUT2D eigenvalue weighted by Gasteiger charge is -2.34. The maximum Gasteiger partial charge on any atom is 0.253 e. The van der Waals surface area contributed by atoms with Gasteiger partial charge in [0.25, 0.3) is 5.91 Å². The second-order valence-corrected chi connectivity index (χ2v) is 11.8. The van der Waals surface area contributed by atoms with E-state index in [1.165, 1.54) is 28.0 Å². The van der Waals surface area contributed by atoms with Gasteiger partial charge in [-0.2, -0.15) is 0 Å². The van der Waals surface area contributed by atoms with Gasteiger partial charge in [0.2, 0.25) is 0 Å². The summed E-state index contributed by atoms with van der Waals surface area (Å²) in [5.74, 6) is -0.0658. The van der Waals surface area contributed by atoms with Crippen molar-refractivity contribution in [2.24, 2.45) is 0 Å². The van der Waals surface area contributed by atoms with Gasteiger partial charge in [-0.05, 0) is 69.2 Å². The smallest absolute Gasteiger partial charge is 0.253 e. The first-order valence-electron chi connectivity index (χ1n) is 10.4. The van der Waals surface area contributed by atoms with E-state index in [0.29, 0.717) is 18.7 Å². The maximum absolute atomic E-state index is 12.9. The zero-order valence-electron chi connectivity index (χ0n) is 18.3. The van der Waals surface area contributed by atoms with Crippen molar-refractivity contribution >= 4 is 42.4 Å². The number of amides is 1. The van der Waals surface area contributed by atoms with Crippen LogP contribution in [0.25, 0.3) is 10.2 Å². The second-order valence-electron chi connectivity index (χ2n) is 8.32. The van der Waals surface area contributed by atoms with Gasteiger partial charge in [-0.25, -0.2) is 13.4 Å². The number of hydrogen-bond donors (Lipinski definition) is 0. The number of anilines is 1. The van der Waals surface area contributed by atoms with Crippen LogP contribution in [0, 0.1) is 13.8 Å². The molecule has 6 nitrogen and oxygen atoms in total. The molecular formula is C23H27N3O3S2. The molecule has 0 bridgehead atoms. The average molecular weight is 458 g/mol. The summed E-state index contributed by atoms with van der Waals surface area (Å²) in [6.45, 7) is 10.2. The molecule has 0 unspecified atom stereocenters. The lowest BCUT2D eigenvalue weighted by molar-refractivity contribution is 0.0746. The fourth-order valence-electron chi connectivity index (χ4n) is 3.84. The van der Waals surface area contributed by atoms with Crippen molar-refractivity contribution in [3.8, 4) is 0 Å². The standard InChI is InChI=1S/C23H27N3O3S2/c1-15(2)31(28,29)19-7-5-18(6-8-19)22(27)25-9-11-26(12-10-25)23-24-21-17(4)13-16(3)14-20(21)30-23/h5-8,13-15H,9-12H2,1-4H3. The van der Waals surface area contributed by atoms with Gasteiger partial charge in [0, 0.05) is 31.7 Å². The van der Waals surface area contributed by atoms with Crippen LogP contribution in [-0.4, -0.2) is 55.6 Å². The first-order chi connectivity index (χ1) is 14.7. The summed E-state index contributed by atoms with van der Waals surface area (Å²) in [5, 5.41) is 0.511. The molecule has 1 aliphatic heterocycles. The minimum Gasteiger partial charge on any atom is -0.345 e. The minimum absolute atomic E-state index is 0.0658. The molecule has 1 aliphatic rings. The monoisotopic (exact) mass is 457 g/mol. The molecule has 0 spiro atoms. The summed E-state index contributed by atoms with van der Waals surface area (Å²) in [4.78, 5) is 22.1. The molecule has 31 heavy (non-hydrogen) atoms. The molecule has 0 radical (unpaired) electrons. The number of thiazole rings is 1. The Labute approximate surface area is 187 Å². The van der Waals surface area contributed by atoms with E-state index in [-0.39, 0.29) is 10.8 Å². The van der Waals surface area contributed by atoms with Crippen LogP contribution in [0.15, 0.2) is 41.3 Å². The van der Waals surface area contributed by atoms with Gasteiger partial charge < -0.3 is 9.80 Å². The molecule has 2 aromatic carbocycles. The Hall–Kier alpha value is -2.45. The Kier molecular flexibility index (Phi) is 5.79. The molecule has 1 fully saturated rings. The second kappa shape index (κ2) is 8.24. The highest BCUT2D eigenvalue weighted by molar-refractivity contribution is 7.92. The van der Waals surface area contributed by atoms with E-state index in [1.54, 1.807) is 37.3 Å². The van der Waals surface area contributed by atoms with Gasteiger partial charge in [0.1, 0.15) is 0 Å². The first kappa shape index (κ1) is 21.8. The van der Waals surface area contributed by atoms with Gasteiger partial charge >= 0.3 is 0 Å². The zero-order valence-corrected chi connectivity index (χ0v) is 19.9. The Morgan fingerprint density at radius 1 is 1.03 bits per heavy atom. The number of sulfone groups is 1. The third-order valence-corrected chi connectivity index (χ3v) is 8.94. The predicted molar refractivity (Wildman–Crippen MR) is 126 cm³/mol. The van der Waals surface area contributed by atoms with Crippen LogP contribution in [0.1, 0.15) is 35.3 Å². The van der Waals surface area contributed by atoms with Crippen LogP contribution in [0.5, 0.6) is 0 Å². The lowest BCUT2D eigenvalue weighted by Crippen LogP contribution is -2.48. The Bertz CT molecular complexity index is 1220. The molecule has 1 amide bonds. The normalized spacial score (nSPS) is 15.1. The van der Waals surface area contributed by atoms with E-state index in [0.717, 1.165) is 23.7 Å². The molecule has 8 heteroatoms. The van der Waals surface area contributed by atoms with E-state index in [2.05, 4.69) is 30.9 Å². The molecule has 2 heterocycles. The number of hydrogen-bond acceptors (Lipinski definition) is 6. The van der Waals surface area contributed by atoms with E-state index < -0.39 is 15.1 Å². The fraction of sp³-hybridized carbons (Fsp3) is 0.391. The Morgan fingerprint density at radius 3 is 2.29 bits per heavy atom. The van der Waals surface area contributed by atoms with Crippen LogP contribution in [0.2, 0.25) is 0 Å². The van der Waals surface area contributed by atoms with Crippen molar-refractivity contribution in [3.63, 3.8) is 0 Å². The van der Waals surface area contributed by atoms with Crippen molar-refractivity contribution in [2.75, 3.05) is 31.1 Å². The van der Waals surface area contributed by atoms with E-state index in [9.17, 15) is 13.2 Å². The third kappa shape index (κ3) is 4.19. The highest BCUT2D eigenvalue weighted by Crippen LogP contribution is 2.32. The number of benzene rings is 2. The van der Waals surface area contributed by atoms with Gasteiger partial charge in [0.15, 0.2) is 15.0 Å².